The molecule has 11 heteroatoms. The van der Waals surface area contributed by atoms with E-state index in [-0.39, 0.29) is 23.3 Å². The van der Waals surface area contributed by atoms with Crippen LogP contribution in [-0.2, 0) is 6.54 Å². The van der Waals surface area contributed by atoms with Crippen LogP contribution in [0.1, 0.15) is 67.1 Å². The van der Waals surface area contributed by atoms with Crippen LogP contribution in [-0.4, -0.2) is 37.3 Å². The summed E-state index contributed by atoms with van der Waals surface area (Å²) in [6, 6.07) is 0. The molecular weight excluding hydrogens is 424 g/mol. The average molecular weight is 449 g/mol. The van der Waals surface area contributed by atoms with Gasteiger partial charge in [0.15, 0.2) is 10.8 Å². The molecule has 0 atom stereocenters. The van der Waals surface area contributed by atoms with Crippen LogP contribution in [0.2, 0.25) is 5.02 Å². The number of halogens is 1. The van der Waals surface area contributed by atoms with Crippen LogP contribution in [0.25, 0.3) is 0 Å². The molecule has 1 N–H and O–H groups in total. The van der Waals surface area contributed by atoms with E-state index in [2.05, 4.69) is 20.6 Å². The fourth-order valence-corrected chi connectivity index (χ4v) is 6.64. The lowest BCUT2D eigenvalue weighted by atomic mass is 9.49. The number of nitrogens with one attached hydrogen (secondary N) is 1. The maximum atomic E-state index is 12.5. The smallest absolute Gasteiger partial charge is 0.358 e. The van der Waals surface area contributed by atoms with Gasteiger partial charge in [0, 0.05) is 6.54 Å². The van der Waals surface area contributed by atoms with Gasteiger partial charge in [-0.15, -0.1) is 0 Å². The second kappa shape index (κ2) is 7.58. The minimum Gasteiger partial charge on any atom is -0.358 e. The van der Waals surface area contributed by atoms with E-state index in [0.717, 1.165) is 24.2 Å². The first-order valence-electron chi connectivity index (χ1n) is 10.8. The van der Waals surface area contributed by atoms with Crippen molar-refractivity contribution >= 4 is 23.3 Å². The molecule has 0 unspecified atom stereocenters. The Morgan fingerprint density at radius 2 is 1.94 bits per heavy atom. The van der Waals surface area contributed by atoms with E-state index in [4.69, 9.17) is 16.1 Å². The molecule has 166 valence electrons. The van der Waals surface area contributed by atoms with Gasteiger partial charge in [0.05, 0.1) is 10.8 Å². The molecule has 2 heterocycles. The number of nitrogens with zero attached hydrogens (tertiary/aromatic N) is 5. The van der Waals surface area contributed by atoms with Crippen LogP contribution in [0, 0.1) is 40.2 Å². The summed E-state index contributed by atoms with van der Waals surface area (Å²) < 4.78 is 6.41. The molecule has 0 spiro atoms. The van der Waals surface area contributed by atoms with Crippen molar-refractivity contribution in [3.8, 4) is 0 Å². The number of carbonyl (C=O) groups excluding carboxylic acids is 1. The van der Waals surface area contributed by atoms with Crippen molar-refractivity contribution in [3.05, 3.63) is 32.5 Å². The zero-order chi connectivity index (χ0) is 21.8. The molecule has 4 bridgehead atoms. The van der Waals surface area contributed by atoms with Gasteiger partial charge in [-0.3, -0.25) is 4.79 Å². The van der Waals surface area contributed by atoms with Crippen LogP contribution < -0.4 is 5.32 Å². The van der Waals surface area contributed by atoms with Crippen LogP contribution in [0.3, 0.4) is 0 Å². The molecule has 0 aromatic carbocycles. The van der Waals surface area contributed by atoms with Crippen LogP contribution in [0.15, 0.2) is 4.52 Å². The summed E-state index contributed by atoms with van der Waals surface area (Å²) in [4.78, 5) is 26.9. The first kappa shape index (κ1) is 20.4. The minimum atomic E-state index is -0.648. The van der Waals surface area contributed by atoms with Gasteiger partial charge < -0.3 is 20.0 Å². The monoisotopic (exact) mass is 448 g/mol. The van der Waals surface area contributed by atoms with E-state index in [1.54, 1.807) is 6.92 Å². The highest BCUT2D eigenvalue weighted by Crippen LogP contribution is 2.61. The predicted octanol–water partition coefficient (Wildman–Crippen LogP) is 3.52. The number of rotatable bonds is 7. The van der Waals surface area contributed by atoms with Gasteiger partial charge >= 0.3 is 17.6 Å². The third-order valence-corrected chi connectivity index (χ3v) is 7.79. The molecule has 2 aromatic rings. The number of amides is 1. The summed E-state index contributed by atoms with van der Waals surface area (Å²) >= 11 is 5.95. The third kappa shape index (κ3) is 3.81. The Morgan fingerprint density at radius 3 is 2.52 bits per heavy atom. The van der Waals surface area contributed by atoms with Crippen molar-refractivity contribution in [2.24, 2.45) is 23.2 Å². The van der Waals surface area contributed by atoms with Crippen molar-refractivity contribution in [3.63, 3.8) is 0 Å². The average Bonchev–Trinajstić information content (AvgIpc) is 3.27. The molecule has 0 aliphatic heterocycles. The molecule has 31 heavy (non-hydrogen) atoms. The zero-order valence-corrected chi connectivity index (χ0v) is 18.1. The van der Waals surface area contributed by atoms with E-state index in [0.29, 0.717) is 17.7 Å². The van der Waals surface area contributed by atoms with Crippen LogP contribution in [0.4, 0.5) is 5.82 Å². The van der Waals surface area contributed by atoms with Gasteiger partial charge in [0.1, 0.15) is 6.54 Å². The van der Waals surface area contributed by atoms with E-state index in [9.17, 15) is 14.9 Å². The molecule has 2 aromatic heterocycles. The first-order chi connectivity index (χ1) is 14.8. The Hall–Kier alpha value is -2.49. The predicted molar refractivity (Wildman–Crippen MR) is 110 cm³/mol. The third-order valence-electron chi connectivity index (χ3n) is 7.35. The Balaban J connectivity index is 1.17. The molecule has 1 amide bonds. The van der Waals surface area contributed by atoms with E-state index < -0.39 is 16.6 Å². The Bertz CT molecular complexity index is 996. The second-order valence-electron chi connectivity index (χ2n) is 9.58. The minimum absolute atomic E-state index is 0.0173. The van der Waals surface area contributed by atoms with Crippen molar-refractivity contribution < 1.29 is 14.2 Å². The van der Waals surface area contributed by atoms with Crippen LogP contribution in [0.5, 0.6) is 0 Å². The Morgan fingerprint density at radius 1 is 1.29 bits per heavy atom. The fraction of sp³-hybridized carbons (Fsp3) is 0.700. The van der Waals surface area contributed by atoms with E-state index in [1.807, 2.05) is 0 Å². The number of carbonyl (C=O) groups is 1. The summed E-state index contributed by atoms with van der Waals surface area (Å²) in [5, 5.41) is 21.5. The zero-order valence-electron chi connectivity index (χ0n) is 17.3. The number of hydrogen-bond donors (Lipinski definition) is 1. The van der Waals surface area contributed by atoms with Gasteiger partial charge in [-0.2, -0.15) is 9.67 Å². The van der Waals surface area contributed by atoms with Gasteiger partial charge in [0.2, 0.25) is 0 Å². The molecule has 4 aliphatic carbocycles. The van der Waals surface area contributed by atoms with E-state index >= 15 is 0 Å². The largest absolute Gasteiger partial charge is 0.408 e. The molecule has 4 saturated carbocycles. The molecule has 6 rings (SSSR count). The van der Waals surface area contributed by atoms with Crippen molar-refractivity contribution in [1.29, 1.82) is 0 Å². The maximum absolute atomic E-state index is 12.5. The number of nitro groups is 1. The van der Waals surface area contributed by atoms with Crippen molar-refractivity contribution in [2.45, 2.75) is 58.4 Å². The summed E-state index contributed by atoms with van der Waals surface area (Å²) in [6.07, 6.45) is 9.12. The number of hydrogen-bond acceptors (Lipinski definition) is 7. The molecular formula is C20H25ClN6O4. The lowest BCUT2D eigenvalue weighted by Crippen LogP contribution is -2.47. The van der Waals surface area contributed by atoms with Crippen molar-refractivity contribution in [2.75, 3.05) is 6.54 Å². The molecule has 0 radical (unpaired) electrons. The highest BCUT2D eigenvalue weighted by atomic mass is 35.5. The summed E-state index contributed by atoms with van der Waals surface area (Å²) in [6.45, 7) is 2.23. The fourth-order valence-electron chi connectivity index (χ4n) is 6.44. The van der Waals surface area contributed by atoms with Gasteiger partial charge in [-0.05, 0) is 80.0 Å². The lowest BCUT2D eigenvalue weighted by molar-refractivity contribution is -0.389. The highest BCUT2D eigenvalue weighted by molar-refractivity contribution is 6.33. The SMILES string of the molecule is Cc1c(Cl)c([N+](=O)[O-])nn1Cc1noc(C(=O)NCCC23CC4CC(CC(C4)C2)C3)n1. The second-order valence-corrected chi connectivity index (χ2v) is 9.95. The quantitative estimate of drug-likeness (QED) is 0.506. The topological polar surface area (TPSA) is 129 Å². The van der Waals surface area contributed by atoms with Gasteiger partial charge in [0.25, 0.3) is 0 Å². The standard InChI is InChI=1S/C20H25ClN6O4/c1-11-16(21)17(27(29)30)24-26(11)10-15-23-19(31-25-15)18(28)22-3-2-20-7-12-4-13(8-20)6-14(5-12)9-20/h12-14H,2-10H2,1H3,(H,22,28). The van der Waals surface area contributed by atoms with E-state index in [1.165, 1.54) is 43.2 Å². The molecule has 4 fully saturated rings. The molecule has 0 saturated heterocycles. The molecule has 4 aliphatic rings. The first-order valence-corrected chi connectivity index (χ1v) is 11.2. The normalized spacial score (nSPS) is 28.8. The highest BCUT2D eigenvalue weighted by Gasteiger charge is 2.50. The summed E-state index contributed by atoms with van der Waals surface area (Å²) in [5.74, 6) is 1.91. The molecule has 10 nitrogen and oxygen atoms in total. The van der Waals surface area contributed by atoms with Gasteiger partial charge in [-0.1, -0.05) is 16.8 Å². The van der Waals surface area contributed by atoms with Crippen LogP contribution >= 0.6 is 11.6 Å². The number of aromatic nitrogens is 4. The lowest BCUT2D eigenvalue weighted by Gasteiger charge is -2.57. The van der Waals surface area contributed by atoms with Crippen molar-refractivity contribution in [1.82, 2.24) is 25.2 Å². The Kier molecular flexibility index (Phi) is 4.99. The summed E-state index contributed by atoms with van der Waals surface area (Å²) in [7, 11) is 0. The Labute approximate surface area is 183 Å². The van der Waals surface area contributed by atoms with Gasteiger partial charge in [-0.25, -0.2) is 0 Å². The summed E-state index contributed by atoms with van der Waals surface area (Å²) in [5.41, 5.74) is 0.813. The maximum Gasteiger partial charge on any atom is 0.408 e.